The monoisotopic (exact) mass is 342 g/mol. The van der Waals surface area contributed by atoms with Crippen LogP contribution < -0.4 is 0 Å². The van der Waals surface area contributed by atoms with Gasteiger partial charge in [0, 0.05) is 13.7 Å². The molecule has 1 unspecified atom stereocenters. The average Bonchev–Trinajstić information content (AvgIpc) is 2.60. The summed E-state index contributed by atoms with van der Waals surface area (Å²) in [5.41, 5.74) is 0. The van der Waals surface area contributed by atoms with Crippen LogP contribution in [0.1, 0.15) is 117 Å². The summed E-state index contributed by atoms with van der Waals surface area (Å²) in [6, 6.07) is 0. The van der Waals surface area contributed by atoms with Crippen molar-refractivity contribution in [1.82, 2.24) is 0 Å². The molecule has 146 valence electrons. The van der Waals surface area contributed by atoms with Gasteiger partial charge in [-0.1, -0.05) is 103 Å². The van der Waals surface area contributed by atoms with Crippen LogP contribution in [0.3, 0.4) is 0 Å². The number of unbranched alkanes of at least 4 members (excludes halogenated alkanes) is 15. The van der Waals surface area contributed by atoms with E-state index >= 15 is 0 Å². The highest BCUT2D eigenvalue weighted by Crippen LogP contribution is 2.13. The van der Waals surface area contributed by atoms with Crippen LogP contribution in [0.4, 0.5) is 0 Å². The maximum Gasteiger partial charge on any atom is 0.0776 e. The molecule has 0 aromatic carbocycles. The van der Waals surface area contributed by atoms with Crippen LogP contribution in [0.2, 0.25) is 0 Å². The van der Waals surface area contributed by atoms with Crippen molar-refractivity contribution in [3.05, 3.63) is 0 Å². The van der Waals surface area contributed by atoms with E-state index in [9.17, 15) is 0 Å². The van der Waals surface area contributed by atoms with Crippen LogP contribution in [0.25, 0.3) is 0 Å². The Morgan fingerprint density at radius 2 is 0.958 bits per heavy atom. The maximum atomic E-state index is 5.58. The third-order valence-corrected chi connectivity index (χ3v) is 4.90. The number of hydrogen-bond acceptors (Lipinski definition) is 2. The first-order chi connectivity index (χ1) is 11.8. The largest absolute Gasteiger partial charge is 0.379 e. The Kier molecular flexibility index (Phi) is 20.9. The van der Waals surface area contributed by atoms with Crippen LogP contribution in [0, 0.1) is 0 Å². The van der Waals surface area contributed by atoms with Crippen LogP contribution >= 0.6 is 0 Å². The molecule has 0 fully saturated rings. The SMILES string of the molecule is CCCCCCCCCCCCCCCCCCOCC(C)OC. The molecule has 0 aliphatic carbocycles. The number of methoxy groups -OCH3 is 1. The molecule has 0 aromatic rings. The van der Waals surface area contributed by atoms with E-state index < -0.39 is 0 Å². The van der Waals surface area contributed by atoms with Crippen molar-refractivity contribution in [2.45, 2.75) is 123 Å². The molecular formula is C22H46O2. The number of hydrogen-bond donors (Lipinski definition) is 0. The van der Waals surface area contributed by atoms with Gasteiger partial charge in [-0.15, -0.1) is 0 Å². The second-order valence-electron chi connectivity index (χ2n) is 7.42. The molecule has 0 aliphatic rings. The molecule has 0 spiro atoms. The number of rotatable bonds is 20. The smallest absolute Gasteiger partial charge is 0.0776 e. The fourth-order valence-electron chi connectivity index (χ4n) is 3.07. The highest BCUT2D eigenvalue weighted by molar-refractivity contribution is 4.50. The van der Waals surface area contributed by atoms with Crippen molar-refractivity contribution < 1.29 is 9.47 Å². The zero-order valence-electron chi connectivity index (χ0n) is 17.1. The third kappa shape index (κ3) is 20.0. The molecule has 0 bridgehead atoms. The van der Waals surface area contributed by atoms with Gasteiger partial charge in [0.15, 0.2) is 0 Å². The lowest BCUT2D eigenvalue weighted by molar-refractivity contribution is 0.0174. The minimum Gasteiger partial charge on any atom is -0.379 e. The summed E-state index contributed by atoms with van der Waals surface area (Å²) in [4.78, 5) is 0. The molecule has 0 heterocycles. The highest BCUT2D eigenvalue weighted by Gasteiger charge is 1.98. The van der Waals surface area contributed by atoms with Gasteiger partial charge in [-0.3, -0.25) is 0 Å². The Morgan fingerprint density at radius 1 is 0.583 bits per heavy atom. The molecule has 0 saturated carbocycles. The summed E-state index contributed by atoms with van der Waals surface area (Å²) >= 11 is 0. The van der Waals surface area contributed by atoms with Crippen molar-refractivity contribution in [3.8, 4) is 0 Å². The van der Waals surface area contributed by atoms with Gasteiger partial charge in [-0.2, -0.15) is 0 Å². The van der Waals surface area contributed by atoms with Crippen molar-refractivity contribution in [2.75, 3.05) is 20.3 Å². The first-order valence-electron chi connectivity index (χ1n) is 10.9. The fraction of sp³-hybridized carbons (Fsp3) is 1.00. The topological polar surface area (TPSA) is 18.5 Å². The van der Waals surface area contributed by atoms with Gasteiger partial charge in [0.25, 0.3) is 0 Å². The van der Waals surface area contributed by atoms with Gasteiger partial charge >= 0.3 is 0 Å². The second-order valence-corrected chi connectivity index (χ2v) is 7.42. The van der Waals surface area contributed by atoms with E-state index in [1.807, 2.05) is 6.92 Å². The third-order valence-electron chi connectivity index (χ3n) is 4.90. The summed E-state index contributed by atoms with van der Waals surface area (Å²) in [5.74, 6) is 0. The van der Waals surface area contributed by atoms with Crippen molar-refractivity contribution in [1.29, 1.82) is 0 Å². The summed E-state index contributed by atoms with van der Waals surface area (Å²) in [5, 5.41) is 0. The van der Waals surface area contributed by atoms with Crippen molar-refractivity contribution in [3.63, 3.8) is 0 Å². The average molecular weight is 343 g/mol. The molecule has 0 amide bonds. The molecule has 0 aromatic heterocycles. The molecule has 0 saturated heterocycles. The summed E-state index contributed by atoms with van der Waals surface area (Å²) in [6.45, 7) is 5.97. The molecule has 24 heavy (non-hydrogen) atoms. The van der Waals surface area contributed by atoms with E-state index in [4.69, 9.17) is 9.47 Å². The first kappa shape index (κ1) is 23.9. The van der Waals surface area contributed by atoms with Crippen LogP contribution in [-0.2, 0) is 9.47 Å². The van der Waals surface area contributed by atoms with Gasteiger partial charge in [-0.25, -0.2) is 0 Å². The Labute approximate surface area is 153 Å². The Morgan fingerprint density at radius 3 is 1.33 bits per heavy atom. The lowest BCUT2D eigenvalue weighted by Gasteiger charge is -2.09. The quantitative estimate of drug-likeness (QED) is 0.216. The molecule has 0 aliphatic heterocycles. The van der Waals surface area contributed by atoms with Crippen LogP contribution in [0.5, 0.6) is 0 Å². The summed E-state index contributed by atoms with van der Waals surface area (Å²) in [6.07, 6.45) is 22.9. The van der Waals surface area contributed by atoms with Crippen molar-refractivity contribution in [2.24, 2.45) is 0 Å². The van der Waals surface area contributed by atoms with E-state index in [1.165, 1.54) is 103 Å². The normalized spacial score (nSPS) is 12.6. The van der Waals surface area contributed by atoms with Crippen LogP contribution in [-0.4, -0.2) is 26.4 Å². The van der Waals surface area contributed by atoms with E-state index in [0.29, 0.717) is 0 Å². The highest BCUT2D eigenvalue weighted by atomic mass is 16.5. The molecule has 2 heteroatoms. The zero-order valence-corrected chi connectivity index (χ0v) is 17.1. The predicted molar refractivity (Wildman–Crippen MR) is 107 cm³/mol. The van der Waals surface area contributed by atoms with E-state index in [-0.39, 0.29) is 6.10 Å². The minimum absolute atomic E-state index is 0.228. The molecule has 0 radical (unpaired) electrons. The molecule has 1 atom stereocenters. The Bertz CT molecular complexity index is 218. The maximum absolute atomic E-state index is 5.58. The fourth-order valence-corrected chi connectivity index (χ4v) is 3.07. The minimum atomic E-state index is 0.228. The van der Waals surface area contributed by atoms with E-state index in [0.717, 1.165) is 13.2 Å². The van der Waals surface area contributed by atoms with Gasteiger partial charge < -0.3 is 9.47 Å². The standard InChI is InChI=1S/C22H46O2/c1-4-5-6-7-8-9-10-11-12-13-14-15-16-17-18-19-20-24-21-22(2)23-3/h22H,4-21H2,1-3H3. The number of ether oxygens (including phenoxy) is 2. The molecule has 0 rings (SSSR count). The Hall–Kier alpha value is -0.0800. The van der Waals surface area contributed by atoms with Gasteiger partial charge in [0.05, 0.1) is 12.7 Å². The summed E-state index contributed by atoms with van der Waals surface area (Å²) in [7, 11) is 1.74. The lowest BCUT2D eigenvalue weighted by Crippen LogP contribution is -2.14. The predicted octanol–water partition coefficient (Wildman–Crippen LogP) is 7.30. The first-order valence-corrected chi connectivity index (χ1v) is 10.9. The molecule has 2 nitrogen and oxygen atoms in total. The van der Waals surface area contributed by atoms with Crippen LogP contribution in [0.15, 0.2) is 0 Å². The van der Waals surface area contributed by atoms with Gasteiger partial charge in [0.2, 0.25) is 0 Å². The lowest BCUT2D eigenvalue weighted by atomic mass is 10.0. The van der Waals surface area contributed by atoms with E-state index in [1.54, 1.807) is 7.11 Å². The zero-order chi connectivity index (χ0) is 17.7. The summed E-state index contributed by atoms with van der Waals surface area (Å²) < 4.78 is 10.7. The second kappa shape index (κ2) is 21.0. The molecule has 0 N–H and O–H groups in total. The Balaban J connectivity index is 2.98. The van der Waals surface area contributed by atoms with Crippen molar-refractivity contribution >= 4 is 0 Å². The van der Waals surface area contributed by atoms with Gasteiger partial charge in [-0.05, 0) is 13.3 Å². The van der Waals surface area contributed by atoms with E-state index in [2.05, 4.69) is 6.92 Å². The van der Waals surface area contributed by atoms with Gasteiger partial charge in [0.1, 0.15) is 0 Å². The molecular weight excluding hydrogens is 296 g/mol.